The van der Waals surface area contributed by atoms with Gasteiger partial charge in [-0.3, -0.25) is 29.9 Å². The third-order valence-corrected chi connectivity index (χ3v) is 8.88. The molecule has 0 radical (unpaired) electrons. The molecule has 2 aromatic rings. The average Bonchev–Trinajstić information content (AvgIpc) is 3.72. The van der Waals surface area contributed by atoms with Crippen molar-refractivity contribution in [1.82, 2.24) is 4.90 Å². The summed E-state index contributed by atoms with van der Waals surface area (Å²) in [7, 11) is 2.19. The van der Waals surface area contributed by atoms with Crippen molar-refractivity contribution in [2.45, 2.75) is 70.0 Å². The van der Waals surface area contributed by atoms with Crippen molar-refractivity contribution in [3.05, 3.63) is 79.9 Å². The van der Waals surface area contributed by atoms with Crippen molar-refractivity contribution in [3.63, 3.8) is 0 Å². The molecule has 4 saturated carbocycles. The van der Waals surface area contributed by atoms with Gasteiger partial charge in [-0.05, 0) is 86.9 Å². The van der Waals surface area contributed by atoms with Gasteiger partial charge in [-0.1, -0.05) is 25.0 Å². The van der Waals surface area contributed by atoms with Gasteiger partial charge in [-0.2, -0.15) is 0 Å². The molecule has 0 aliphatic heterocycles. The van der Waals surface area contributed by atoms with E-state index in [4.69, 9.17) is 5.73 Å². The van der Waals surface area contributed by atoms with E-state index in [1.54, 1.807) is 12.1 Å². The van der Waals surface area contributed by atoms with Crippen molar-refractivity contribution in [1.29, 1.82) is 0 Å². The second-order valence-electron chi connectivity index (χ2n) is 11.4. The number of nitrogens with zero attached hydrogens (tertiary/aromatic N) is 3. The molecule has 9 nitrogen and oxygen atoms in total. The van der Waals surface area contributed by atoms with Gasteiger partial charge in [0.1, 0.15) is 6.29 Å². The zero-order chi connectivity index (χ0) is 27.2. The zero-order valence-electron chi connectivity index (χ0n) is 22.0. The molecule has 6 atom stereocenters. The van der Waals surface area contributed by atoms with Gasteiger partial charge in [0.25, 0.3) is 11.4 Å². The standard InChI is InChI=1S/C15H20N2O2.C7H5NO3.C7H13N/c1-16(15-9-12-2-5-13(15)8-12)10-11-3-6-14(7-4-11)17(18)19;9-5-6-1-3-7(4-2-6)8(10)11;8-7-4-5-1-2-6(7)3-5/h3-4,6-7,12-13,15H,2,5,8-10H2,1H3;1-5H;5-7H,1-4,8H2/t12?,13?,15-;;5?,6?,7-/m0.0/s1. The minimum atomic E-state index is -0.505. The lowest BCUT2D eigenvalue weighted by atomic mass is 9.94. The maximum Gasteiger partial charge on any atom is 0.269 e. The molecule has 4 aliphatic carbocycles. The number of non-ortho nitro benzene ring substituents is 2. The third-order valence-electron chi connectivity index (χ3n) is 8.88. The highest BCUT2D eigenvalue weighted by molar-refractivity contribution is 5.75. The Morgan fingerprint density at radius 3 is 1.71 bits per heavy atom. The first-order valence-electron chi connectivity index (χ1n) is 13.6. The molecule has 4 aliphatic rings. The molecule has 6 rings (SSSR count). The summed E-state index contributed by atoms with van der Waals surface area (Å²) in [5.74, 6) is 3.78. The van der Waals surface area contributed by atoms with Crippen molar-refractivity contribution < 1.29 is 14.6 Å². The van der Waals surface area contributed by atoms with Gasteiger partial charge < -0.3 is 5.73 Å². The molecular weight excluding hydrogens is 484 g/mol. The lowest BCUT2D eigenvalue weighted by Gasteiger charge is -2.31. The maximum atomic E-state index is 10.6. The first-order valence-corrected chi connectivity index (χ1v) is 13.6. The van der Waals surface area contributed by atoms with E-state index in [1.165, 1.54) is 75.6 Å². The van der Waals surface area contributed by atoms with Crippen LogP contribution in [0.2, 0.25) is 0 Å². The second kappa shape index (κ2) is 12.6. The summed E-state index contributed by atoms with van der Waals surface area (Å²) in [6.45, 7) is 0.895. The Morgan fingerprint density at radius 1 is 0.816 bits per heavy atom. The molecule has 4 unspecified atom stereocenters. The molecule has 0 amide bonds. The smallest absolute Gasteiger partial charge is 0.269 e. The Labute approximate surface area is 223 Å². The van der Waals surface area contributed by atoms with Gasteiger partial charge in [-0.25, -0.2) is 0 Å². The molecule has 0 saturated heterocycles. The van der Waals surface area contributed by atoms with Crippen molar-refractivity contribution in [3.8, 4) is 0 Å². The molecule has 2 N–H and O–H groups in total. The fraction of sp³-hybridized carbons (Fsp3) is 0.552. The van der Waals surface area contributed by atoms with Gasteiger partial charge in [0.05, 0.1) is 9.85 Å². The van der Waals surface area contributed by atoms with Crippen LogP contribution < -0.4 is 5.73 Å². The topological polar surface area (TPSA) is 133 Å². The van der Waals surface area contributed by atoms with Crippen LogP contribution in [0, 0.1) is 43.9 Å². The lowest BCUT2D eigenvalue weighted by Crippen LogP contribution is -2.35. The highest BCUT2D eigenvalue weighted by atomic mass is 16.6. The van der Waals surface area contributed by atoms with Crippen molar-refractivity contribution in [2.24, 2.45) is 29.4 Å². The minimum Gasteiger partial charge on any atom is -0.327 e. The number of hydrogen-bond donors (Lipinski definition) is 1. The van der Waals surface area contributed by atoms with Gasteiger partial charge in [-0.15, -0.1) is 0 Å². The second-order valence-corrected chi connectivity index (χ2v) is 11.4. The summed E-state index contributed by atoms with van der Waals surface area (Å²) in [6.07, 6.45) is 11.9. The fourth-order valence-corrected chi connectivity index (χ4v) is 6.85. The number of benzene rings is 2. The van der Waals surface area contributed by atoms with E-state index in [0.29, 0.717) is 23.9 Å². The molecule has 204 valence electrons. The zero-order valence-corrected chi connectivity index (χ0v) is 22.0. The number of hydrogen-bond acceptors (Lipinski definition) is 7. The highest BCUT2D eigenvalue weighted by Gasteiger charge is 2.41. The first-order chi connectivity index (χ1) is 18.2. The van der Waals surface area contributed by atoms with Crippen molar-refractivity contribution in [2.75, 3.05) is 7.05 Å². The summed E-state index contributed by atoms with van der Waals surface area (Å²) >= 11 is 0. The molecule has 0 spiro atoms. The van der Waals surface area contributed by atoms with Crippen LogP contribution in [0.25, 0.3) is 0 Å². The largest absolute Gasteiger partial charge is 0.327 e. The van der Waals surface area contributed by atoms with Crippen LogP contribution in [0.15, 0.2) is 48.5 Å². The summed E-state index contributed by atoms with van der Waals surface area (Å²) in [5.41, 5.74) is 7.59. The number of nitro groups is 2. The van der Waals surface area contributed by atoms with E-state index in [1.807, 2.05) is 12.1 Å². The Balaban J connectivity index is 0.000000149. The quantitative estimate of drug-likeness (QED) is 0.290. The van der Waals surface area contributed by atoms with Crippen LogP contribution in [0.5, 0.6) is 0 Å². The monoisotopic (exact) mass is 522 g/mol. The number of fused-ring (bicyclic) bond motifs is 4. The number of rotatable bonds is 6. The molecule has 0 aromatic heterocycles. The van der Waals surface area contributed by atoms with E-state index < -0.39 is 4.92 Å². The molecule has 0 heterocycles. The Bertz CT molecular complexity index is 1100. The first kappa shape index (κ1) is 27.9. The summed E-state index contributed by atoms with van der Waals surface area (Å²) in [5, 5.41) is 20.7. The molecule has 9 heteroatoms. The number of carbonyl (C=O) groups excluding carboxylic acids is 1. The minimum absolute atomic E-state index is 0.00407. The number of nitrogens with two attached hydrogens (primary N) is 1. The average molecular weight is 523 g/mol. The Hall–Kier alpha value is -3.17. The molecule has 2 aromatic carbocycles. The molecule has 4 bridgehead atoms. The third kappa shape index (κ3) is 7.02. The molecule has 4 fully saturated rings. The van der Waals surface area contributed by atoms with Gasteiger partial charge >= 0.3 is 0 Å². The SMILES string of the molecule is CN(Cc1ccc([N+](=O)[O-])cc1)[C@H]1CC2CCC1C2.N[C@H]1CC2CCC1C2.O=Cc1ccc([N+](=O)[O-])cc1. The highest BCUT2D eigenvalue weighted by Crippen LogP contribution is 2.46. The summed E-state index contributed by atoms with van der Waals surface area (Å²) in [6, 6.07) is 13.7. The van der Waals surface area contributed by atoms with Crippen LogP contribution in [0.3, 0.4) is 0 Å². The predicted molar refractivity (Wildman–Crippen MR) is 146 cm³/mol. The Morgan fingerprint density at radius 2 is 1.34 bits per heavy atom. The number of nitro benzene ring substituents is 2. The van der Waals surface area contributed by atoms with Gasteiger partial charge in [0, 0.05) is 48.5 Å². The van der Waals surface area contributed by atoms with E-state index in [2.05, 4.69) is 11.9 Å². The van der Waals surface area contributed by atoms with Crippen molar-refractivity contribution >= 4 is 17.7 Å². The lowest BCUT2D eigenvalue weighted by molar-refractivity contribution is -0.385. The van der Waals surface area contributed by atoms with Crippen LogP contribution in [0.1, 0.15) is 67.3 Å². The summed E-state index contributed by atoms with van der Waals surface area (Å²) in [4.78, 5) is 32.4. The van der Waals surface area contributed by atoms with Crippen LogP contribution >= 0.6 is 0 Å². The molecule has 38 heavy (non-hydrogen) atoms. The predicted octanol–water partition coefficient (Wildman–Crippen LogP) is 5.76. The summed E-state index contributed by atoms with van der Waals surface area (Å²) < 4.78 is 0. The van der Waals surface area contributed by atoms with E-state index in [9.17, 15) is 25.0 Å². The van der Waals surface area contributed by atoms with E-state index >= 15 is 0 Å². The van der Waals surface area contributed by atoms with Crippen LogP contribution in [-0.2, 0) is 6.54 Å². The number of aldehydes is 1. The maximum absolute atomic E-state index is 10.6. The van der Waals surface area contributed by atoms with Gasteiger partial charge in [0.15, 0.2) is 0 Å². The van der Waals surface area contributed by atoms with Gasteiger partial charge in [0.2, 0.25) is 0 Å². The Kier molecular flexibility index (Phi) is 9.22. The van der Waals surface area contributed by atoms with Crippen LogP contribution in [0.4, 0.5) is 11.4 Å². The normalized spacial score (nSPS) is 28.3. The van der Waals surface area contributed by atoms with Crippen LogP contribution in [-0.4, -0.2) is 40.2 Å². The van der Waals surface area contributed by atoms with E-state index in [-0.39, 0.29) is 16.3 Å². The van der Waals surface area contributed by atoms with E-state index in [0.717, 1.165) is 35.8 Å². The fourth-order valence-electron chi connectivity index (χ4n) is 6.85. The number of carbonyl (C=O) groups is 1. The molecular formula is C29H38N4O5.